The van der Waals surface area contributed by atoms with Crippen molar-refractivity contribution in [2.75, 3.05) is 20.7 Å². The zero-order valence-corrected chi connectivity index (χ0v) is 11.0. The molecule has 0 spiro atoms. The lowest BCUT2D eigenvalue weighted by molar-refractivity contribution is 0.208. The van der Waals surface area contributed by atoms with Crippen molar-refractivity contribution < 1.29 is 9.53 Å². The molecule has 102 valence electrons. The minimum absolute atomic E-state index is 0.105. The molecule has 2 amide bonds. The van der Waals surface area contributed by atoms with Crippen LogP contribution in [-0.4, -0.2) is 47.2 Å². The fraction of sp³-hybridized carbons (Fsp3) is 0.545. The summed E-state index contributed by atoms with van der Waals surface area (Å²) in [5.74, 6) is 0.917. The third-order valence-corrected chi connectivity index (χ3v) is 3.68. The summed E-state index contributed by atoms with van der Waals surface area (Å²) in [5, 5.41) is 7.24. The third kappa shape index (κ3) is 1.42. The largest absolute Gasteiger partial charge is 0.480 e. The fourth-order valence-electron chi connectivity index (χ4n) is 2.84. The summed E-state index contributed by atoms with van der Waals surface area (Å²) in [6, 6.07) is -0.632. The van der Waals surface area contributed by atoms with Gasteiger partial charge in [0.1, 0.15) is 11.9 Å². The van der Waals surface area contributed by atoms with E-state index in [1.807, 2.05) is 7.05 Å². The lowest BCUT2D eigenvalue weighted by atomic mass is 9.97. The Labute approximate surface area is 110 Å². The smallest absolute Gasteiger partial charge is 0.318 e. The van der Waals surface area contributed by atoms with E-state index in [0.29, 0.717) is 18.3 Å². The lowest BCUT2D eigenvalue weighted by Crippen LogP contribution is -2.42. The van der Waals surface area contributed by atoms with Gasteiger partial charge >= 0.3 is 6.03 Å². The molecule has 19 heavy (non-hydrogen) atoms. The number of amidine groups is 1. The zero-order chi connectivity index (χ0) is 13.7. The predicted octanol–water partition coefficient (Wildman–Crippen LogP) is -0.463. The summed E-state index contributed by atoms with van der Waals surface area (Å²) in [6.45, 7) is 0.550. The van der Waals surface area contributed by atoms with Gasteiger partial charge in [-0.05, 0) is 0 Å². The maximum absolute atomic E-state index is 12.0. The first-order valence-corrected chi connectivity index (χ1v) is 5.98. The van der Waals surface area contributed by atoms with Gasteiger partial charge in [-0.2, -0.15) is 0 Å². The number of aryl methyl sites for hydroxylation is 1. The summed E-state index contributed by atoms with van der Waals surface area (Å²) in [6.07, 6.45) is 0. The second-order valence-corrected chi connectivity index (χ2v) is 4.64. The zero-order valence-electron chi connectivity index (χ0n) is 11.0. The molecular formula is C11H16N6O2. The summed E-state index contributed by atoms with van der Waals surface area (Å²) in [5.41, 5.74) is 7.72. The van der Waals surface area contributed by atoms with Crippen LogP contribution in [0.4, 0.5) is 4.79 Å². The Morgan fingerprint density at radius 3 is 3.00 bits per heavy atom. The minimum atomic E-state index is -0.389. The van der Waals surface area contributed by atoms with E-state index in [4.69, 9.17) is 10.5 Å². The number of carbonyl (C=O) groups excluding carboxylic acids is 1. The number of aromatic nitrogens is 2. The lowest BCUT2D eigenvalue weighted by Gasteiger charge is -2.30. The number of carbonyl (C=O) groups is 1. The van der Waals surface area contributed by atoms with E-state index in [1.54, 1.807) is 23.7 Å². The van der Waals surface area contributed by atoms with E-state index >= 15 is 0 Å². The number of methoxy groups -OCH3 is 1. The predicted molar refractivity (Wildman–Crippen MR) is 68.0 cm³/mol. The monoisotopic (exact) mass is 264 g/mol. The van der Waals surface area contributed by atoms with Gasteiger partial charge in [-0.3, -0.25) is 9.67 Å². The van der Waals surface area contributed by atoms with Gasteiger partial charge in [0, 0.05) is 20.6 Å². The number of rotatable bonds is 2. The van der Waals surface area contributed by atoms with Crippen molar-refractivity contribution >= 4 is 11.9 Å². The van der Waals surface area contributed by atoms with Crippen LogP contribution in [0, 0.1) is 0 Å². The van der Waals surface area contributed by atoms with Crippen molar-refractivity contribution in [3.05, 3.63) is 11.3 Å². The molecule has 1 aromatic rings. The first-order valence-electron chi connectivity index (χ1n) is 5.98. The maximum Gasteiger partial charge on any atom is 0.318 e. The Morgan fingerprint density at radius 1 is 1.63 bits per heavy atom. The first kappa shape index (κ1) is 11.8. The van der Waals surface area contributed by atoms with Gasteiger partial charge in [0.2, 0.25) is 5.88 Å². The number of urea groups is 1. The molecule has 1 fully saturated rings. The highest BCUT2D eigenvalue weighted by Gasteiger charge is 2.47. The van der Waals surface area contributed by atoms with Gasteiger partial charge in [0.05, 0.1) is 24.4 Å². The summed E-state index contributed by atoms with van der Waals surface area (Å²) in [7, 11) is 4.99. The van der Waals surface area contributed by atoms with Gasteiger partial charge in [-0.25, -0.2) is 4.79 Å². The molecule has 3 heterocycles. The standard InChI is InChI=1S/C11H16N6O2/c1-13-9(12)8-7-6(10(19-3)15-16(7)2)5-4-17(8)11(18)14-5/h5,8H,4H2,1-3H3,(H2,12,13)(H,14,18). The molecule has 2 atom stereocenters. The highest BCUT2D eigenvalue weighted by molar-refractivity contribution is 5.93. The van der Waals surface area contributed by atoms with Crippen molar-refractivity contribution in [3.63, 3.8) is 0 Å². The molecule has 2 unspecified atom stereocenters. The third-order valence-electron chi connectivity index (χ3n) is 3.68. The van der Waals surface area contributed by atoms with Crippen molar-refractivity contribution in [3.8, 4) is 5.88 Å². The van der Waals surface area contributed by atoms with Crippen molar-refractivity contribution in [2.24, 2.45) is 17.8 Å². The molecule has 8 nitrogen and oxygen atoms in total. The number of hydrogen-bond donors (Lipinski definition) is 2. The highest BCUT2D eigenvalue weighted by atomic mass is 16.5. The van der Waals surface area contributed by atoms with Crippen LogP contribution in [0.15, 0.2) is 4.99 Å². The molecule has 1 saturated heterocycles. The average molecular weight is 264 g/mol. The van der Waals surface area contributed by atoms with Crippen LogP contribution in [0.5, 0.6) is 5.88 Å². The highest BCUT2D eigenvalue weighted by Crippen LogP contribution is 2.42. The van der Waals surface area contributed by atoms with Crippen molar-refractivity contribution in [2.45, 2.75) is 12.1 Å². The summed E-state index contributed by atoms with van der Waals surface area (Å²) in [4.78, 5) is 17.7. The molecule has 8 heteroatoms. The molecule has 0 aliphatic carbocycles. The van der Waals surface area contributed by atoms with Crippen LogP contribution < -0.4 is 15.8 Å². The SMILES string of the molecule is CN=C(N)C1c2c(c(OC)nn2C)C2CN1C(=O)N2. The molecule has 2 aliphatic rings. The number of fused-ring (bicyclic) bond motifs is 4. The van der Waals surface area contributed by atoms with Gasteiger partial charge in [-0.15, -0.1) is 5.10 Å². The Kier molecular flexibility index (Phi) is 2.41. The number of hydrogen-bond acceptors (Lipinski definition) is 4. The maximum atomic E-state index is 12.0. The second-order valence-electron chi connectivity index (χ2n) is 4.64. The fourth-order valence-corrected chi connectivity index (χ4v) is 2.84. The van der Waals surface area contributed by atoms with E-state index in [2.05, 4.69) is 15.4 Å². The number of ether oxygens (including phenoxy) is 1. The van der Waals surface area contributed by atoms with E-state index in [1.165, 1.54) is 0 Å². The molecule has 0 radical (unpaired) electrons. The van der Waals surface area contributed by atoms with E-state index in [-0.39, 0.29) is 18.1 Å². The van der Waals surface area contributed by atoms with Crippen molar-refractivity contribution in [1.82, 2.24) is 20.0 Å². The quantitative estimate of drug-likeness (QED) is 0.557. The Morgan fingerprint density at radius 2 is 2.37 bits per heavy atom. The van der Waals surface area contributed by atoms with Gasteiger partial charge in [0.15, 0.2) is 0 Å². The van der Waals surface area contributed by atoms with Crippen LogP contribution >= 0.6 is 0 Å². The van der Waals surface area contributed by atoms with E-state index < -0.39 is 0 Å². The Balaban J connectivity index is 2.23. The van der Waals surface area contributed by atoms with Crippen LogP contribution in [0.1, 0.15) is 23.3 Å². The molecule has 0 aromatic carbocycles. The average Bonchev–Trinajstić information content (AvgIpc) is 2.90. The summed E-state index contributed by atoms with van der Waals surface area (Å²) < 4.78 is 7.00. The minimum Gasteiger partial charge on any atom is -0.480 e. The molecule has 1 aromatic heterocycles. The van der Waals surface area contributed by atoms with Crippen LogP contribution in [-0.2, 0) is 7.05 Å². The number of nitrogens with one attached hydrogen (secondary N) is 1. The molecule has 0 saturated carbocycles. The van der Waals surface area contributed by atoms with Crippen LogP contribution in [0.2, 0.25) is 0 Å². The van der Waals surface area contributed by atoms with Crippen LogP contribution in [0.3, 0.4) is 0 Å². The molecule has 3 rings (SSSR count). The second kappa shape index (κ2) is 3.87. The number of aliphatic imine (C=N–C) groups is 1. The Hall–Kier alpha value is -2.25. The first-order chi connectivity index (χ1) is 9.08. The molecular weight excluding hydrogens is 248 g/mol. The molecule has 2 aliphatic heterocycles. The Bertz CT molecular complexity index is 578. The molecule has 2 bridgehead atoms. The number of nitrogens with two attached hydrogens (primary N) is 1. The normalized spacial score (nSPS) is 25.3. The van der Waals surface area contributed by atoms with Gasteiger partial charge < -0.3 is 20.7 Å². The topological polar surface area (TPSA) is 97.8 Å². The number of amides is 2. The van der Waals surface area contributed by atoms with Crippen LogP contribution in [0.25, 0.3) is 0 Å². The molecule has 3 N–H and O–H groups in total. The van der Waals surface area contributed by atoms with Gasteiger partial charge in [-0.1, -0.05) is 0 Å². The number of nitrogens with zero attached hydrogens (tertiary/aromatic N) is 4. The van der Waals surface area contributed by atoms with E-state index in [0.717, 1.165) is 11.3 Å². The van der Waals surface area contributed by atoms with Crippen molar-refractivity contribution in [1.29, 1.82) is 0 Å². The van der Waals surface area contributed by atoms with Gasteiger partial charge in [0.25, 0.3) is 0 Å². The van der Waals surface area contributed by atoms with E-state index in [9.17, 15) is 4.79 Å². The summed E-state index contributed by atoms with van der Waals surface area (Å²) >= 11 is 0.